The lowest BCUT2D eigenvalue weighted by atomic mass is 10.0. The summed E-state index contributed by atoms with van der Waals surface area (Å²) in [5.41, 5.74) is 1.29. The van der Waals surface area contributed by atoms with Gasteiger partial charge in [0.15, 0.2) is 0 Å². The second-order valence-electron chi connectivity index (χ2n) is 5.75. The van der Waals surface area contributed by atoms with Crippen LogP contribution in [0.3, 0.4) is 0 Å². The summed E-state index contributed by atoms with van der Waals surface area (Å²) in [6.45, 7) is 3.02. The Morgan fingerprint density at radius 3 is 2.48 bits per heavy atom. The van der Waals surface area contributed by atoms with E-state index in [4.69, 9.17) is 0 Å². The lowest BCUT2D eigenvalue weighted by molar-refractivity contribution is -0.123. The van der Waals surface area contributed by atoms with E-state index in [1.807, 2.05) is 6.07 Å². The number of amides is 1. The third kappa shape index (κ3) is 4.11. The number of benzene rings is 1. The summed E-state index contributed by atoms with van der Waals surface area (Å²) in [6, 6.07) is 10.9. The third-order valence-corrected chi connectivity index (χ3v) is 4.34. The van der Waals surface area contributed by atoms with Gasteiger partial charge in [-0.3, -0.25) is 4.79 Å². The first-order valence-electron chi connectivity index (χ1n) is 7.67. The van der Waals surface area contributed by atoms with E-state index in [9.17, 15) is 4.79 Å². The fourth-order valence-electron chi connectivity index (χ4n) is 3.13. The summed E-state index contributed by atoms with van der Waals surface area (Å²) in [6.07, 6.45) is 4.17. The quantitative estimate of drug-likeness (QED) is 0.897. The Labute approximate surface area is 132 Å². The highest BCUT2D eigenvalue weighted by Gasteiger charge is 2.26. The minimum atomic E-state index is 0. The summed E-state index contributed by atoms with van der Waals surface area (Å²) >= 11 is 0. The molecule has 0 saturated carbocycles. The Kier molecular flexibility index (Phi) is 5.88. The van der Waals surface area contributed by atoms with Crippen molar-refractivity contribution in [2.75, 3.05) is 24.5 Å². The van der Waals surface area contributed by atoms with Crippen molar-refractivity contribution in [2.45, 2.75) is 37.8 Å². The van der Waals surface area contributed by atoms with E-state index >= 15 is 0 Å². The van der Waals surface area contributed by atoms with Crippen molar-refractivity contribution in [1.29, 1.82) is 0 Å². The maximum atomic E-state index is 12.1. The van der Waals surface area contributed by atoms with E-state index in [0.29, 0.717) is 6.04 Å². The number of halogens is 1. The Bertz CT molecular complexity index is 440. The number of nitrogens with one attached hydrogen (secondary N) is 2. The summed E-state index contributed by atoms with van der Waals surface area (Å²) in [7, 11) is 0. The van der Waals surface area contributed by atoms with Gasteiger partial charge in [-0.25, -0.2) is 0 Å². The van der Waals surface area contributed by atoms with Crippen molar-refractivity contribution in [1.82, 2.24) is 10.6 Å². The molecule has 2 N–H and O–H groups in total. The number of hydrogen-bond acceptors (Lipinski definition) is 3. The molecule has 2 aliphatic rings. The molecule has 1 aromatic rings. The third-order valence-electron chi connectivity index (χ3n) is 4.34. The van der Waals surface area contributed by atoms with Crippen LogP contribution in [0.1, 0.15) is 25.7 Å². The first-order chi connectivity index (χ1) is 9.83. The van der Waals surface area contributed by atoms with Crippen molar-refractivity contribution in [3.05, 3.63) is 30.3 Å². The molecule has 2 fully saturated rings. The van der Waals surface area contributed by atoms with E-state index in [0.717, 1.165) is 45.3 Å². The second kappa shape index (κ2) is 7.66. The van der Waals surface area contributed by atoms with Crippen LogP contribution in [0, 0.1) is 0 Å². The van der Waals surface area contributed by atoms with Crippen LogP contribution in [0.25, 0.3) is 0 Å². The smallest absolute Gasteiger partial charge is 0.237 e. The summed E-state index contributed by atoms with van der Waals surface area (Å²) in [5, 5.41) is 6.46. The van der Waals surface area contributed by atoms with Gasteiger partial charge < -0.3 is 15.5 Å². The molecule has 1 amide bonds. The average Bonchev–Trinajstić information content (AvgIpc) is 3.03. The molecule has 0 aliphatic carbocycles. The van der Waals surface area contributed by atoms with E-state index in [1.165, 1.54) is 5.69 Å². The molecule has 21 heavy (non-hydrogen) atoms. The van der Waals surface area contributed by atoms with Crippen LogP contribution in [-0.4, -0.2) is 37.6 Å². The predicted molar refractivity (Wildman–Crippen MR) is 88.1 cm³/mol. The molecule has 116 valence electrons. The molecule has 1 aromatic carbocycles. The van der Waals surface area contributed by atoms with Gasteiger partial charge in [0.25, 0.3) is 0 Å². The summed E-state index contributed by atoms with van der Waals surface area (Å²) in [5.74, 6) is 0.195. The molecule has 2 saturated heterocycles. The minimum Gasteiger partial charge on any atom is -0.371 e. The van der Waals surface area contributed by atoms with Crippen LogP contribution in [-0.2, 0) is 4.79 Å². The SMILES string of the molecule is Cl.O=C(NC1CCN(c2ccccc2)CC1)C1CCCN1. The fourth-order valence-corrected chi connectivity index (χ4v) is 3.13. The molecule has 2 heterocycles. The highest BCUT2D eigenvalue weighted by Crippen LogP contribution is 2.19. The number of nitrogens with zero attached hydrogens (tertiary/aromatic N) is 1. The molecule has 0 radical (unpaired) electrons. The van der Waals surface area contributed by atoms with Crippen LogP contribution in [0.5, 0.6) is 0 Å². The number of hydrogen-bond donors (Lipinski definition) is 2. The van der Waals surface area contributed by atoms with Crippen molar-refractivity contribution < 1.29 is 4.79 Å². The van der Waals surface area contributed by atoms with Gasteiger partial charge in [-0.05, 0) is 44.4 Å². The Hall–Kier alpha value is -1.26. The Balaban J connectivity index is 0.00000161. The molecule has 0 aromatic heterocycles. The second-order valence-corrected chi connectivity index (χ2v) is 5.75. The van der Waals surface area contributed by atoms with E-state index in [-0.39, 0.29) is 24.4 Å². The highest BCUT2D eigenvalue weighted by atomic mass is 35.5. The normalized spacial score (nSPS) is 22.7. The van der Waals surface area contributed by atoms with Gasteiger partial charge >= 0.3 is 0 Å². The van der Waals surface area contributed by atoms with Crippen molar-refractivity contribution >= 4 is 24.0 Å². The maximum absolute atomic E-state index is 12.1. The molecular weight excluding hydrogens is 286 g/mol. The highest BCUT2D eigenvalue weighted by molar-refractivity contribution is 5.85. The first kappa shape index (κ1) is 16.1. The molecule has 2 aliphatic heterocycles. The molecular formula is C16H24ClN3O. The largest absolute Gasteiger partial charge is 0.371 e. The lowest BCUT2D eigenvalue weighted by Crippen LogP contribution is -2.49. The van der Waals surface area contributed by atoms with Gasteiger partial charge in [0, 0.05) is 24.8 Å². The molecule has 4 nitrogen and oxygen atoms in total. The maximum Gasteiger partial charge on any atom is 0.237 e. The number of carbonyl (C=O) groups is 1. The van der Waals surface area contributed by atoms with Gasteiger partial charge in [-0.15, -0.1) is 12.4 Å². The van der Waals surface area contributed by atoms with Crippen LogP contribution in [0.15, 0.2) is 30.3 Å². The van der Waals surface area contributed by atoms with E-state index in [2.05, 4.69) is 39.8 Å². The number of anilines is 1. The lowest BCUT2D eigenvalue weighted by Gasteiger charge is -2.34. The van der Waals surface area contributed by atoms with Gasteiger partial charge in [-0.1, -0.05) is 18.2 Å². The van der Waals surface area contributed by atoms with E-state index in [1.54, 1.807) is 0 Å². The van der Waals surface area contributed by atoms with Gasteiger partial charge in [0.2, 0.25) is 5.91 Å². The molecule has 1 atom stereocenters. The zero-order chi connectivity index (χ0) is 13.8. The standard InChI is InChI=1S/C16H23N3O.ClH/c20-16(15-7-4-10-17-15)18-13-8-11-19(12-9-13)14-5-2-1-3-6-14;/h1-3,5-6,13,15,17H,4,7-12H2,(H,18,20);1H. The number of piperidine rings is 1. The summed E-state index contributed by atoms with van der Waals surface area (Å²) in [4.78, 5) is 14.5. The molecule has 0 bridgehead atoms. The summed E-state index contributed by atoms with van der Waals surface area (Å²) < 4.78 is 0. The van der Waals surface area contributed by atoms with Crippen LogP contribution >= 0.6 is 12.4 Å². The van der Waals surface area contributed by atoms with E-state index < -0.39 is 0 Å². The van der Waals surface area contributed by atoms with Crippen LogP contribution in [0.2, 0.25) is 0 Å². The molecule has 5 heteroatoms. The fraction of sp³-hybridized carbons (Fsp3) is 0.562. The van der Waals surface area contributed by atoms with Crippen molar-refractivity contribution in [3.63, 3.8) is 0 Å². The number of para-hydroxylation sites is 1. The molecule has 1 unspecified atom stereocenters. The first-order valence-corrected chi connectivity index (χ1v) is 7.67. The van der Waals surface area contributed by atoms with Crippen molar-refractivity contribution in [2.24, 2.45) is 0 Å². The zero-order valence-electron chi connectivity index (χ0n) is 12.3. The minimum absolute atomic E-state index is 0. The van der Waals surface area contributed by atoms with Gasteiger partial charge in [0.05, 0.1) is 6.04 Å². The van der Waals surface area contributed by atoms with Crippen LogP contribution in [0.4, 0.5) is 5.69 Å². The zero-order valence-corrected chi connectivity index (χ0v) is 13.1. The van der Waals surface area contributed by atoms with Gasteiger partial charge in [0.1, 0.15) is 0 Å². The molecule has 0 spiro atoms. The number of rotatable bonds is 3. The topological polar surface area (TPSA) is 44.4 Å². The molecule has 3 rings (SSSR count). The Morgan fingerprint density at radius 1 is 1.14 bits per heavy atom. The van der Waals surface area contributed by atoms with Crippen LogP contribution < -0.4 is 15.5 Å². The van der Waals surface area contributed by atoms with Crippen molar-refractivity contribution in [3.8, 4) is 0 Å². The monoisotopic (exact) mass is 309 g/mol. The van der Waals surface area contributed by atoms with Gasteiger partial charge in [-0.2, -0.15) is 0 Å². The average molecular weight is 310 g/mol. The Morgan fingerprint density at radius 2 is 1.86 bits per heavy atom. The number of carbonyl (C=O) groups excluding carboxylic acids is 1. The predicted octanol–water partition coefficient (Wildman–Crippen LogP) is 1.95.